The summed E-state index contributed by atoms with van der Waals surface area (Å²) >= 11 is 5.27. The number of thiocarbonyl (C=S) groups is 1. The van der Waals surface area contributed by atoms with Gasteiger partial charge in [-0.3, -0.25) is 0 Å². The van der Waals surface area contributed by atoms with Crippen LogP contribution in [0.15, 0.2) is 60.7 Å². The normalized spacial score (nSPS) is 11.8. The third kappa shape index (κ3) is 3.39. The van der Waals surface area contributed by atoms with Crippen molar-refractivity contribution in [2.45, 2.75) is 6.10 Å². The monoisotopic (exact) mass is 257 g/mol. The first kappa shape index (κ1) is 12.7. The molecule has 0 fully saturated rings. The Labute approximate surface area is 112 Å². The molecule has 0 aliphatic heterocycles. The Balaban J connectivity index is 1.91. The summed E-state index contributed by atoms with van der Waals surface area (Å²) in [6, 6.07) is 19.3. The van der Waals surface area contributed by atoms with E-state index in [9.17, 15) is 5.11 Å². The standard InChI is InChI=1S/C15H15NOS/c17-14(12-7-3-1-4-8-12)11-16-15(18)13-9-5-2-6-10-13/h1-10,14,17H,11H2,(H,16,18). The van der Waals surface area contributed by atoms with Gasteiger partial charge >= 0.3 is 0 Å². The fourth-order valence-corrected chi connectivity index (χ4v) is 1.89. The number of hydrogen-bond acceptors (Lipinski definition) is 2. The second-order valence-corrected chi connectivity index (χ2v) is 4.41. The van der Waals surface area contributed by atoms with Crippen LogP contribution in [0.2, 0.25) is 0 Å². The molecular formula is C15H15NOS. The summed E-state index contributed by atoms with van der Waals surface area (Å²) in [5, 5.41) is 13.1. The van der Waals surface area contributed by atoms with E-state index in [-0.39, 0.29) is 0 Å². The van der Waals surface area contributed by atoms with E-state index in [1.54, 1.807) is 0 Å². The lowest BCUT2D eigenvalue weighted by atomic mass is 10.1. The third-order valence-corrected chi connectivity index (χ3v) is 3.06. The number of hydrogen-bond donors (Lipinski definition) is 2. The second-order valence-electron chi connectivity index (χ2n) is 4.00. The molecule has 0 spiro atoms. The molecule has 0 heterocycles. The highest BCUT2D eigenvalue weighted by Crippen LogP contribution is 2.11. The highest BCUT2D eigenvalue weighted by atomic mass is 32.1. The van der Waals surface area contributed by atoms with Gasteiger partial charge in [-0.25, -0.2) is 0 Å². The molecule has 0 saturated heterocycles. The quantitative estimate of drug-likeness (QED) is 0.826. The van der Waals surface area contributed by atoms with E-state index >= 15 is 0 Å². The van der Waals surface area contributed by atoms with E-state index in [0.717, 1.165) is 11.1 Å². The SMILES string of the molecule is OC(CNC(=S)c1ccccc1)c1ccccc1. The molecule has 0 bridgehead atoms. The van der Waals surface area contributed by atoms with Crippen molar-refractivity contribution in [1.82, 2.24) is 5.32 Å². The molecule has 2 aromatic carbocycles. The molecule has 3 heteroatoms. The highest BCUT2D eigenvalue weighted by molar-refractivity contribution is 7.80. The van der Waals surface area contributed by atoms with Gasteiger partial charge in [0, 0.05) is 12.1 Å². The van der Waals surface area contributed by atoms with Crippen LogP contribution >= 0.6 is 12.2 Å². The van der Waals surface area contributed by atoms with E-state index in [4.69, 9.17) is 12.2 Å². The Hall–Kier alpha value is -1.71. The minimum Gasteiger partial charge on any atom is -0.387 e. The topological polar surface area (TPSA) is 32.3 Å². The zero-order valence-electron chi connectivity index (χ0n) is 9.91. The molecule has 0 saturated carbocycles. The Kier molecular flexibility index (Phi) is 4.45. The van der Waals surface area contributed by atoms with Crippen LogP contribution < -0.4 is 5.32 Å². The molecule has 92 valence electrons. The van der Waals surface area contributed by atoms with Crippen molar-refractivity contribution in [3.63, 3.8) is 0 Å². The van der Waals surface area contributed by atoms with Crippen molar-refractivity contribution >= 4 is 17.2 Å². The number of aliphatic hydroxyl groups is 1. The van der Waals surface area contributed by atoms with Crippen LogP contribution in [-0.2, 0) is 0 Å². The van der Waals surface area contributed by atoms with E-state index in [1.807, 2.05) is 60.7 Å². The predicted octanol–water partition coefficient (Wildman–Crippen LogP) is 2.69. The molecule has 2 rings (SSSR count). The third-order valence-electron chi connectivity index (χ3n) is 2.68. The predicted molar refractivity (Wildman–Crippen MR) is 77.5 cm³/mol. The van der Waals surface area contributed by atoms with Crippen molar-refractivity contribution < 1.29 is 5.11 Å². The van der Waals surface area contributed by atoms with Crippen LogP contribution in [0.25, 0.3) is 0 Å². The lowest BCUT2D eigenvalue weighted by Crippen LogP contribution is -2.27. The maximum atomic E-state index is 9.99. The summed E-state index contributed by atoms with van der Waals surface area (Å²) in [4.78, 5) is 0.658. The van der Waals surface area contributed by atoms with Crippen molar-refractivity contribution in [3.05, 3.63) is 71.8 Å². The number of aliphatic hydroxyl groups excluding tert-OH is 1. The molecular weight excluding hydrogens is 242 g/mol. The molecule has 2 aromatic rings. The van der Waals surface area contributed by atoms with Crippen LogP contribution in [0, 0.1) is 0 Å². The first-order valence-corrected chi connectivity index (χ1v) is 6.24. The van der Waals surface area contributed by atoms with Gasteiger partial charge < -0.3 is 10.4 Å². The highest BCUT2D eigenvalue weighted by Gasteiger charge is 2.07. The molecule has 1 atom stereocenters. The van der Waals surface area contributed by atoms with E-state index in [0.29, 0.717) is 11.5 Å². The van der Waals surface area contributed by atoms with E-state index in [2.05, 4.69) is 5.32 Å². The lowest BCUT2D eigenvalue weighted by Gasteiger charge is -2.13. The molecule has 0 aliphatic rings. The average molecular weight is 257 g/mol. The molecule has 0 aliphatic carbocycles. The first-order valence-electron chi connectivity index (χ1n) is 5.83. The number of nitrogens with one attached hydrogen (secondary N) is 1. The van der Waals surface area contributed by atoms with Gasteiger partial charge in [0.1, 0.15) is 4.99 Å². The van der Waals surface area contributed by atoms with Gasteiger partial charge in [-0.2, -0.15) is 0 Å². The molecule has 2 N–H and O–H groups in total. The Morgan fingerprint density at radius 1 is 1.00 bits per heavy atom. The van der Waals surface area contributed by atoms with Crippen molar-refractivity contribution in [3.8, 4) is 0 Å². The van der Waals surface area contributed by atoms with Gasteiger partial charge in [0.05, 0.1) is 6.10 Å². The fraction of sp³-hybridized carbons (Fsp3) is 0.133. The van der Waals surface area contributed by atoms with Crippen molar-refractivity contribution in [2.24, 2.45) is 0 Å². The van der Waals surface area contributed by atoms with E-state index < -0.39 is 6.10 Å². The fourth-order valence-electron chi connectivity index (χ4n) is 1.67. The summed E-state index contributed by atoms with van der Waals surface area (Å²) in [5.74, 6) is 0. The van der Waals surface area contributed by atoms with Crippen molar-refractivity contribution in [1.29, 1.82) is 0 Å². The van der Waals surface area contributed by atoms with Gasteiger partial charge in [-0.15, -0.1) is 0 Å². The zero-order chi connectivity index (χ0) is 12.8. The van der Waals surface area contributed by atoms with Gasteiger partial charge in [0.2, 0.25) is 0 Å². The largest absolute Gasteiger partial charge is 0.387 e. The van der Waals surface area contributed by atoms with Crippen LogP contribution in [0.3, 0.4) is 0 Å². The summed E-state index contributed by atoms with van der Waals surface area (Å²) in [7, 11) is 0. The maximum absolute atomic E-state index is 9.99. The summed E-state index contributed by atoms with van der Waals surface area (Å²) in [5.41, 5.74) is 1.86. The van der Waals surface area contributed by atoms with Crippen LogP contribution in [0.5, 0.6) is 0 Å². The smallest absolute Gasteiger partial charge is 0.106 e. The van der Waals surface area contributed by atoms with Gasteiger partial charge in [-0.05, 0) is 5.56 Å². The Morgan fingerprint density at radius 2 is 1.56 bits per heavy atom. The van der Waals surface area contributed by atoms with Gasteiger partial charge in [0.25, 0.3) is 0 Å². The van der Waals surface area contributed by atoms with Gasteiger partial charge in [0.15, 0.2) is 0 Å². The molecule has 2 nitrogen and oxygen atoms in total. The Morgan fingerprint density at radius 3 is 2.17 bits per heavy atom. The lowest BCUT2D eigenvalue weighted by molar-refractivity contribution is 0.181. The van der Waals surface area contributed by atoms with Gasteiger partial charge in [-0.1, -0.05) is 72.9 Å². The van der Waals surface area contributed by atoms with Crippen LogP contribution in [-0.4, -0.2) is 16.6 Å². The molecule has 18 heavy (non-hydrogen) atoms. The number of benzene rings is 2. The van der Waals surface area contributed by atoms with Crippen molar-refractivity contribution in [2.75, 3.05) is 6.54 Å². The molecule has 0 radical (unpaired) electrons. The van der Waals surface area contributed by atoms with E-state index in [1.165, 1.54) is 0 Å². The average Bonchev–Trinajstić information content (AvgIpc) is 2.46. The summed E-state index contributed by atoms with van der Waals surface area (Å²) in [6.45, 7) is 0.414. The minimum absolute atomic E-state index is 0.414. The van der Waals surface area contributed by atoms with Crippen LogP contribution in [0.4, 0.5) is 0 Å². The minimum atomic E-state index is -0.548. The molecule has 1 unspecified atom stereocenters. The molecule has 0 aromatic heterocycles. The maximum Gasteiger partial charge on any atom is 0.106 e. The summed E-state index contributed by atoms with van der Waals surface area (Å²) in [6.07, 6.45) is -0.548. The summed E-state index contributed by atoms with van der Waals surface area (Å²) < 4.78 is 0. The van der Waals surface area contributed by atoms with Crippen LogP contribution in [0.1, 0.15) is 17.2 Å². The number of rotatable bonds is 4. The zero-order valence-corrected chi connectivity index (χ0v) is 10.7. The Bertz CT molecular complexity index is 498. The second kappa shape index (κ2) is 6.28. The first-order chi connectivity index (χ1) is 8.77. The molecule has 0 amide bonds.